The first kappa shape index (κ1) is 65.4. The van der Waals surface area contributed by atoms with Crippen molar-refractivity contribution in [3.63, 3.8) is 0 Å². The Labute approximate surface area is 422 Å². The molecular weight excluding hydrogens is 904 g/mol. The third kappa shape index (κ3) is 48.4. The van der Waals surface area contributed by atoms with E-state index in [0.29, 0.717) is 25.7 Å². The molecule has 0 aromatic rings. The molecule has 0 spiro atoms. The van der Waals surface area contributed by atoms with Gasteiger partial charge in [0.15, 0.2) is 6.10 Å². The Morgan fingerprint density at radius 1 is 0.400 bits per heavy atom. The van der Waals surface area contributed by atoms with Gasteiger partial charge in [-0.15, -0.1) is 0 Å². The number of hydrogen-bond donors (Lipinski definition) is 2. The largest absolute Gasteiger partial charge is 0.472 e. The number of unbranched alkanes of at least 4 members (excludes halogenated alkanes) is 4. The predicted octanol–water partition coefficient (Wildman–Crippen LogP) is 14.8. The Kier molecular flexibility index (Phi) is 47.4. The molecule has 0 heterocycles. The zero-order chi connectivity index (χ0) is 51.3. The van der Waals surface area contributed by atoms with Crippen molar-refractivity contribution in [2.45, 2.75) is 174 Å². The molecule has 0 radical (unpaired) electrons. The molecule has 0 aromatic carbocycles. The van der Waals surface area contributed by atoms with E-state index in [-0.39, 0.29) is 25.9 Å². The highest BCUT2D eigenvalue weighted by Crippen LogP contribution is 2.43. The van der Waals surface area contributed by atoms with Crippen LogP contribution in [-0.4, -0.2) is 66.5 Å². The highest BCUT2D eigenvalue weighted by atomic mass is 31.2. The van der Waals surface area contributed by atoms with Gasteiger partial charge in [0.25, 0.3) is 0 Å². The third-order valence-electron chi connectivity index (χ3n) is 9.75. The summed E-state index contributed by atoms with van der Waals surface area (Å²) in [5.41, 5.74) is 0. The minimum atomic E-state index is -4.79. The maximum atomic E-state index is 12.8. The van der Waals surface area contributed by atoms with Crippen molar-refractivity contribution >= 4 is 25.7 Å². The number of ether oxygens (including phenoxy) is 3. The lowest BCUT2D eigenvalue weighted by Gasteiger charge is -2.21. The molecule has 12 heteroatoms. The van der Waals surface area contributed by atoms with Crippen LogP contribution in [0.3, 0.4) is 0 Å². The molecule has 0 amide bonds. The number of esters is 3. The van der Waals surface area contributed by atoms with Gasteiger partial charge < -0.3 is 24.2 Å². The Morgan fingerprint density at radius 2 is 0.743 bits per heavy atom. The van der Waals surface area contributed by atoms with Crippen molar-refractivity contribution in [1.29, 1.82) is 0 Å². The number of allylic oxidation sites excluding steroid dienone is 24. The predicted molar refractivity (Wildman–Crippen MR) is 288 cm³/mol. The summed E-state index contributed by atoms with van der Waals surface area (Å²) in [6.07, 6.45) is 64.2. The normalized spacial score (nSPS) is 14.6. The van der Waals surface area contributed by atoms with Crippen LogP contribution in [0.2, 0.25) is 0 Å². The summed E-state index contributed by atoms with van der Waals surface area (Å²) in [6.45, 7) is 4.06. The first-order valence-corrected chi connectivity index (χ1v) is 27.2. The SMILES string of the molecule is CC/C=C\C/C=C\C/C=C\C/C=C\C/C=C\CCCC(=O)OC(COC(=O)CCCCC/C=C\C/C=C\C/C=C\CC)COP(=O)(O)OCC(CO)OC(=O)CC/C=C\C/C=C\C/C=C\C/C=C\CC. The molecule has 0 aliphatic rings. The van der Waals surface area contributed by atoms with Gasteiger partial charge in [0.2, 0.25) is 0 Å². The fourth-order valence-corrected chi connectivity index (χ4v) is 6.73. The lowest BCUT2D eigenvalue weighted by atomic mass is 10.1. The number of phosphoric ester groups is 1. The van der Waals surface area contributed by atoms with E-state index in [0.717, 1.165) is 96.3 Å². The summed E-state index contributed by atoms with van der Waals surface area (Å²) in [6, 6.07) is 0. The highest BCUT2D eigenvalue weighted by Gasteiger charge is 2.28. The smallest absolute Gasteiger partial charge is 0.462 e. The summed E-state index contributed by atoms with van der Waals surface area (Å²) in [7, 11) is -4.79. The van der Waals surface area contributed by atoms with Crippen LogP contribution in [0.15, 0.2) is 146 Å². The van der Waals surface area contributed by atoms with Crippen molar-refractivity contribution in [3.05, 3.63) is 146 Å². The van der Waals surface area contributed by atoms with E-state index in [1.807, 2.05) is 30.4 Å². The fourth-order valence-electron chi connectivity index (χ4n) is 5.95. The van der Waals surface area contributed by atoms with Gasteiger partial charge in [0, 0.05) is 19.3 Å². The first-order chi connectivity index (χ1) is 34.2. The van der Waals surface area contributed by atoms with Crippen molar-refractivity contribution in [2.75, 3.05) is 26.4 Å². The molecule has 0 saturated heterocycles. The van der Waals surface area contributed by atoms with Gasteiger partial charge in [0.05, 0.1) is 19.8 Å². The molecule has 0 fully saturated rings. The molecule has 0 aliphatic heterocycles. The van der Waals surface area contributed by atoms with Gasteiger partial charge in [-0.2, -0.15) is 0 Å². The second kappa shape index (κ2) is 50.7. The quantitative estimate of drug-likeness (QED) is 0.0197. The number of carbonyl (C=O) groups is 3. The van der Waals surface area contributed by atoms with Gasteiger partial charge in [-0.1, -0.05) is 173 Å². The van der Waals surface area contributed by atoms with Crippen LogP contribution in [-0.2, 0) is 42.2 Å². The van der Waals surface area contributed by atoms with E-state index in [9.17, 15) is 28.9 Å². The average Bonchev–Trinajstić information content (AvgIpc) is 3.35. The number of carbonyl (C=O) groups excluding carboxylic acids is 3. The standard InChI is InChI=1S/C58H89O11P/c1-4-7-10-13-16-19-22-25-26-27-28-31-34-37-40-43-46-49-58(62)69-55(51-65-56(60)47-44-41-38-35-32-29-23-20-17-14-11-8-5-2)53-67-70(63,64)66-52-54(50-59)68-57(61)48-45-42-39-36-33-30-24-21-18-15-12-9-6-3/h7-12,16-21,25-26,28-33,37,39-40,42,54-55,59H,4-6,13-15,22-24,27,34-36,38,41,43-53H2,1-3H3,(H,63,64)/b10-7-,11-8-,12-9-,19-16-,20-17-,21-18-,26-25-,31-28-,32-29-,33-30-,40-37-,42-39-. The Morgan fingerprint density at radius 3 is 1.17 bits per heavy atom. The van der Waals surface area contributed by atoms with Crippen molar-refractivity contribution in [1.82, 2.24) is 0 Å². The maximum absolute atomic E-state index is 12.8. The number of phosphoric acid groups is 1. The van der Waals surface area contributed by atoms with Gasteiger partial charge in [0.1, 0.15) is 12.7 Å². The molecule has 0 bridgehead atoms. The third-order valence-corrected chi connectivity index (χ3v) is 10.7. The minimum Gasteiger partial charge on any atom is -0.462 e. The molecular formula is C58H89O11P. The highest BCUT2D eigenvalue weighted by molar-refractivity contribution is 7.47. The summed E-state index contributed by atoms with van der Waals surface area (Å²) >= 11 is 0. The number of hydrogen-bond acceptors (Lipinski definition) is 10. The van der Waals surface area contributed by atoms with Crippen molar-refractivity contribution in [3.8, 4) is 0 Å². The van der Waals surface area contributed by atoms with Crippen LogP contribution in [0.1, 0.15) is 162 Å². The molecule has 3 unspecified atom stereocenters. The van der Waals surface area contributed by atoms with Gasteiger partial charge >= 0.3 is 25.7 Å². The maximum Gasteiger partial charge on any atom is 0.472 e. The van der Waals surface area contributed by atoms with Crippen LogP contribution in [0.4, 0.5) is 0 Å². The molecule has 70 heavy (non-hydrogen) atoms. The lowest BCUT2D eigenvalue weighted by molar-refractivity contribution is -0.161. The number of rotatable bonds is 45. The van der Waals surface area contributed by atoms with Gasteiger partial charge in [-0.3, -0.25) is 23.4 Å². The zero-order valence-electron chi connectivity index (χ0n) is 42.9. The number of aliphatic hydroxyl groups excluding tert-OH is 1. The van der Waals surface area contributed by atoms with Gasteiger partial charge in [-0.25, -0.2) is 4.57 Å². The Hall–Kier alpha value is -4.64. The van der Waals surface area contributed by atoms with Crippen LogP contribution < -0.4 is 0 Å². The van der Waals surface area contributed by atoms with Crippen LogP contribution in [0.25, 0.3) is 0 Å². The second-order valence-electron chi connectivity index (χ2n) is 16.2. The molecule has 2 N–H and O–H groups in total. The monoisotopic (exact) mass is 993 g/mol. The molecule has 3 atom stereocenters. The first-order valence-electron chi connectivity index (χ1n) is 25.7. The van der Waals surface area contributed by atoms with E-state index in [4.69, 9.17) is 23.3 Å². The summed E-state index contributed by atoms with van der Waals surface area (Å²) < 4.78 is 39.2. The molecule has 11 nitrogen and oxygen atoms in total. The Bertz CT molecular complexity index is 1730. The van der Waals surface area contributed by atoms with E-state index >= 15 is 0 Å². The van der Waals surface area contributed by atoms with E-state index in [1.54, 1.807) is 0 Å². The minimum absolute atomic E-state index is 0.0409. The van der Waals surface area contributed by atoms with Crippen LogP contribution in [0.5, 0.6) is 0 Å². The fraction of sp³-hybridized carbons (Fsp3) is 0.534. The van der Waals surface area contributed by atoms with Crippen molar-refractivity contribution < 1.29 is 52.2 Å². The summed E-state index contributed by atoms with van der Waals surface area (Å²) in [5, 5.41) is 9.76. The lowest BCUT2D eigenvalue weighted by Crippen LogP contribution is -2.30. The second-order valence-corrected chi connectivity index (χ2v) is 17.6. The van der Waals surface area contributed by atoms with E-state index in [2.05, 4.69) is 136 Å². The van der Waals surface area contributed by atoms with E-state index < -0.39 is 57.8 Å². The topological polar surface area (TPSA) is 155 Å². The molecule has 0 aromatic heterocycles. The summed E-state index contributed by atoms with van der Waals surface area (Å²) in [4.78, 5) is 48.3. The van der Waals surface area contributed by atoms with Crippen LogP contribution in [0, 0.1) is 0 Å². The molecule has 0 rings (SSSR count). The van der Waals surface area contributed by atoms with Crippen molar-refractivity contribution in [2.24, 2.45) is 0 Å². The van der Waals surface area contributed by atoms with Crippen LogP contribution >= 0.6 is 7.82 Å². The summed E-state index contributed by atoms with van der Waals surface area (Å²) in [5.74, 6) is -1.68. The molecule has 0 aliphatic carbocycles. The number of aliphatic hydroxyl groups is 1. The van der Waals surface area contributed by atoms with E-state index in [1.165, 1.54) is 0 Å². The van der Waals surface area contributed by atoms with Gasteiger partial charge in [-0.05, 0) is 116 Å². The zero-order valence-corrected chi connectivity index (χ0v) is 43.8. The molecule has 392 valence electrons. The molecule has 0 saturated carbocycles. The Balaban J connectivity index is 4.97. The average molecular weight is 993 g/mol.